The first-order valence-corrected chi connectivity index (χ1v) is 4.89. The van der Waals surface area contributed by atoms with Gasteiger partial charge in [-0.25, -0.2) is 0 Å². The molecule has 1 aromatic rings. The highest BCUT2D eigenvalue weighted by Crippen LogP contribution is 2.00. The second kappa shape index (κ2) is 5.73. The van der Waals surface area contributed by atoms with Crippen LogP contribution in [0.25, 0.3) is 0 Å². The highest BCUT2D eigenvalue weighted by atomic mass is 16.5. The predicted octanol–water partition coefficient (Wildman–Crippen LogP) is 1.73. The van der Waals surface area contributed by atoms with Crippen LogP contribution in [0.4, 0.5) is 0 Å². The molecule has 0 saturated heterocycles. The number of hydrogen-bond donors (Lipinski definition) is 1. The molecule has 14 heavy (non-hydrogen) atoms. The van der Waals surface area contributed by atoms with Crippen molar-refractivity contribution in [1.82, 2.24) is 10.3 Å². The average molecular weight is 194 g/mol. The first kappa shape index (κ1) is 11.1. The Bertz CT molecular complexity index is 274. The van der Waals surface area contributed by atoms with E-state index in [9.17, 15) is 0 Å². The van der Waals surface area contributed by atoms with Gasteiger partial charge < -0.3 is 10.1 Å². The van der Waals surface area contributed by atoms with E-state index in [1.165, 1.54) is 0 Å². The lowest BCUT2D eigenvalue weighted by atomic mass is 10.3. The molecule has 78 valence electrons. The second-order valence-electron chi connectivity index (χ2n) is 3.59. The fraction of sp³-hybridized carbons (Fsp3) is 0.545. The molecule has 0 unspecified atom stereocenters. The van der Waals surface area contributed by atoms with Crippen molar-refractivity contribution < 1.29 is 4.74 Å². The van der Waals surface area contributed by atoms with Crippen molar-refractivity contribution in [3.05, 3.63) is 29.6 Å². The van der Waals surface area contributed by atoms with Crippen LogP contribution in [0.2, 0.25) is 0 Å². The van der Waals surface area contributed by atoms with Crippen LogP contribution in [0.1, 0.15) is 25.2 Å². The van der Waals surface area contributed by atoms with Gasteiger partial charge in [0.15, 0.2) is 0 Å². The molecule has 0 aliphatic carbocycles. The maximum atomic E-state index is 5.03. The molecule has 0 radical (unpaired) electrons. The van der Waals surface area contributed by atoms with Crippen molar-refractivity contribution in [2.75, 3.05) is 7.11 Å². The lowest BCUT2D eigenvalue weighted by Gasteiger charge is -2.08. The van der Waals surface area contributed by atoms with Crippen LogP contribution in [0, 0.1) is 0 Å². The Morgan fingerprint density at radius 2 is 2.07 bits per heavy atom. The van der Waals surface area contributed by atoms with Gasteiger partial charge in [-0.15, -0.1) is 0 Å². The second-order valence-corrected chi connectivity index (χ2v) is 3.59. The molecule has 0 fully saturated rings. The van der Waals surface area contributed by atoms with Crippen LogP contribution >= 0.6 is 0 Å². The molecule has 0 saturated carbocycles. The molecule has 1 rings (SSSR count). The Morgan fingerprint density at radius 1 is 1.36 bits per heavy atom. The number of nitrogens with zero attached hydrogens (tertiary/aromatic N) is 1. The minimum Gasteiger partial charge on any atom is -0.378 e. The Labute approximate surface area is 85.5 Å². The van der Waals surface area contributed by atoms with Crippen LogP contribution in [0.5, 0.6) is 0 Å². The third-order valence-corrected chi connectivity index (χ3v) is 1.85. The van der Waals surface area contributed by atoms with E-state index in [4.69, 9.17) is 4.74 Å². The van der Waals surface area contributed by atoms with Crippen LogP contribution in [-0.2, 0) is 17.9 Å². The molecular formula is C11H18N2O. The van der Waals surface area contributed by atoms with Crippen molar-refractivity contribution in [2.24, 2.45) is 0 Å². The van der Waals surface area contributed by atoms with Crippen LogP contribution in [0.3, 0.4) is 0 Å². The normalized spacial score (nSPS) is 10.9. The number of aromatic nitrogens is 1. The van der Waals surface area contributed by atoms with Gasteiger partial charge in [-0.1, -0.05) is 19.9 Å². The molecule has 0 aromatic carbocycles. The highest BCUT2D eigenvalue weighted by molar-refractivity contribution is 5.10. The van der Waals surface area contributed by atoms with Gasteiger partial charge in [-0.3, -0.25) is 4.98 Å². The Balaban J connectivity index is 2.54. The van der Waals surface area contributed by atoms with Gasteiger partial charge in [0.25, 0.3) is 0 Å². The van der Waals surface area contributed by atoms with Crippen molar-refractivity contribution >= 4 is 0 Å². The zero-order valence-electron chi connectivity index (χ0n) is 9.08. The summed E-state index contributed by atoms with van der Waals surface area (Å²) in [4.78, 5) is 4.45. The lowest BCUT2D eigenvalue weighted by molar-refractivity contribution is 0.181. The molecule has 1 N–H and O–H groups in total. The summed E-state index contributed by atoms with van der Waals surface area (Å²) >= 11 is 0. The third-order valence-electron chi connectivity index (χ3n) is 1.85. The van der Waals surface area contributed by atoms with Gasteiger partial charge in [0, 0.05) is 19.7 Å². The maximum Gasteiger partial charge on any atom is 0.0884 e. The summed E-state index contributed by atoms with van der Waals surface area (Å²) in [5.41, 5.74) is 2.05. The number of ether oxygens (including phenoxy) is 1. The number of rotatable bonds is 5. The van der Waals surface area contributed by atoms with E-state index in [2.05, 4.69) is 24.1 Å². The molecule has 3 nitrogen and oxygen atoms in total. The molecule has 0 amide bonds. The smallest absolute Gasteiger partial charge is 0.0884 e. The highest BCUT2D eigenvalue weighted by Gasteiger charge is 1.98. The van der Waals surface area contributed by atoms with E-state index in [1.807, 2.05) is 18.2 Å². The summed E-state index contributed by atoms with van der Waals surface area (Å²) < 4.78 is 5.03. The minimum atomic E-state index is 0.489. The summed E-state index contributed by atoms with van der Waals surface area (Å²) in [6.07, 6.45) is 0. The zero-order chi connectivity index (χ0) is 10.4. The quantitative estimate of drug-likeness (QED) is 0.775. The van der Waals surface area contributed by atoms with Crippen LogP contribution in [0.15, 0.2) is 18.2 Å². The van der Waals surface area contributed by atoms with E-state index in [-0.39, 0.29) is 0 Å². The molecule has 0 spiro atoms. The SMILES string of the molecule is COCc1cccc(CNC(C)C)n1. The molecule has 1 aromatic heterocycles. The fourth-order valence-corrected chi connectivity index (χ4v) is 1.16. The van der Waals surface area contributed by atoms with Gasteiger partial charge in [-0.2, -0.15) is 0 Å². The number of pyridine rings is 1. The summed E-state index contributed by atoms with van der Waals surface area (Å²) in [6, 6.07) is 6.50. The fourth-order valence-electron chi connectivity index (χ4n) is 1.16. The largest absolute Gasteiger partial charge is 0.378 e. The van der Waals surface area contributed by atoms with E-state index in [0.29, 0.717) is 12.6 Å². The summed E-state index contributed by atoms with van der Waals surface area (Å²) in [5, 5.41) is 3.33. The van der Waals surface area contributed by atoms with E-state index >= 15 is 0 Å². The number of hydrogen-bond acceptors (Lipinski definition) is 3. The topological polar surface area (TPSA) is 34.1 Å². The molecule has 0 bridgehead atoms. The van der Waals surface area contributed by atoms with E-state index in [0.717, 1.165) is 17.9 Å². The number of nitrogens with one attached hydrogen (secondary N) is 1. The van der Waals surface area contributed by atoms with Gasteiger partial charge in [-0.05, 0) is 12.1 Å². The molecule has 1 heterocycles. The first-order chi connectivity index (χ1) is 6.72. The van der Waals surface area contributed by atoms with Gasteiger partial charge in [0.05, 0.1) is 18.0 Å². The maximum absolute atomic E-state index is 5.03. The summed E-state index contributed by atoms with van der Waals surface area (Å²) in [5.74, 6) is 0. The lowest BCUT2D eigenvalue weighted by Crippen LogP contribution is -2.22. The zero-order valence-corrected chi connectivity index (χ0v) is 9.08. The van der Waals surface area contributed by atoms with Gasteiger partial charge >= 0.3 is 0 Å². The average Bonchev–Trinajstić information content (AvgIpc) is 2.16. The van der Waals surface area contributed by atoms with Gasteiger partial charge in [0.1, 0.15) is 0 Å². The van der Waals surface area contributed by atoms with E-state index in [1.54, 1.807) is 7.11 Å². The third kappa shape index (κ3) is 3.85. The molecule has 0 aliphatic heterocycles. The van der Waals surface area contributed by atoms with Crippen molar-refractivity contribution in [3.63, 3.8) is 0 Å². The van der Waals surface area contributed by atoms with Gasteiger partial charge in [0.2, 0.25) is 0 Å². The Kier molecular flexibility index (Phi) is 4.56. The molecule has 0 atom stereocenters. The van der Waals surface area contributed by atoms with Crippen LogP contribution in [-0.4, -0.2) is 18.1 Å². The number of methoxy groups -OCH3 is 1. The van der Waals surface area contributed by atoms with Crippen LogP contribution < -0.4 is 5.32 Å². The van der Waals surface area contributed by atoms with Crippen molar-refractivity contribution in [1.29, 1.82) is 0 Å². The Morgan fingerprint density at radius 3 is 2.71 bits per heavy atom. The van der Waals surface area contributed by atoms with E-state index < -0.39 is 0 Å². The first-order valence-electron chi connectivity index (χ1n) is 4.89. The van der Waals surface area contributed by atoms with Crippen molar-refractivity contribution in [3.8, 4) is 0 Å². The molecule has 3 heteroatoms. The van der Waals surface area contributed by atoms with Crippen molar-refractivity contribution in [2.45, 2.75) is 33.0 Å². The Hall–Kier alpha value is -0.930. The summed E-state index contributed by atoms with van der Waals surface area (Å²) in [7, 11) is 1.68. The summed E-state index contributed by atoms with van der Waals surface area (Å²) in [6.45, 7) is 5.64. The molecular weight excluding hydrogens is 176 g/mol. The monoisotopic (exact) mass is 194 g/mol. The molecule has 0 aliphatic rings. The predicted molar refractivity (Wildman–Crippen MR) is 56.9 cm³/mol. The standard InChI is InChI=1S/C11H18N2O/c1-9(2)12-7-10-5-4-6-11(13-10)8-14-3/h4-6,9,12H,7-8H2,1-3H3. The minimum absolute atomic E-state index is 0.489.